The lowest BCUT2D eigenvalue weighted by molar-refractivity contribution is 0.186. The van der Waals surface area contributed by atoms with Gasteiger partial charge in [0.25, 0.3) is 0 Å². The molecule has 3 nitrogen and oxygen atoms in total. The lowest BCUT2D eigenvalue weighted by Crippen LogP contribution is -2.36. The SMILES string of the molecule is CNC(CCCOC)CN(C)C. The van der Waals surface area contributed by atoms with Crippen LogP contribution in [0.2, 0.25) is 0 Å². The molecular weight excluding hydrogens is 152 g/mol. The second-order valence-corrected chi connectivity index (χ2v) is 3.38. The summed E-state index contributed by atoms with van der Waals surface area (Å²) in [5.41, 5.74) is 0. The van der Waals surface area contributed by atoms with Gasteiger partial charge in [0, 0.05) is 26.3 Å². The van der Waals surface area contributed by atoms with Crippen molar-refractivity contribution >= 4 is 0 Å². The van der Waals surface area contributed by atoms with E-state index in [1.54, 1.807) is 7.11 Å². The van der Waals surface area contributed by atoms with Crippen LogP contribution >= 0.6 is 0 Å². The maximum absolute atomic E-state index is 5.00. The third-order valence-corrected chi connectivity index (χ3v) is 1.89. The van der Waals surface area contributed by atoms with Gasteiger partial charge in [-0.25, -0.2) is 0 Å². The van der Waals surface area contributed by atoms with Crippen LogP contribution < -0.4 is 5.32 Å². The van der Waals surface area contributed by atoms with Gasteiger partial charge in [0.2, 0.25) is 0 Å². The van der Waals surface area contributed by atoms with Crippen LogP contribution in [0.15, 0.2) is 0 Å². The van der Waals surface area contributed by atoms with Gasteiger partial charge >= 0.3 is 0 Å². The Bertz CT molecular complexity index is 96.5. The van der Waals surface area contributed by atoms with Crippen LogP contribution in [0.4, 0.5) is 0 Å². The molecule has 0 aliphatic heterocycles. The minimum Gasteiger partial charge on any atom is -0.385 e. The molecule has 12 heavy (non-hydrogen) atoms. The molecule has 0 fully saturated rings. The van der Waals surface area contributed by atoms with Crippen molar-refractivity contribution in [2.45, 2.75) is 18.9 Å². The molecule has 0 aliphatic rings. The Morgan fingerprint density at radius 1 is 1.42 bits per heavy atom. The Balaban J connectivity index is 3.39. The fraction of sp³-hybridized carbons (Fsp3) is 1.00. The van der Waals surface area contributed by atoms with Gasteiger partial charge in [0.1, 0.15) is 0 Å². The number of hydrogen-bond donors (Lipinski definition) is 1. The molecule has 0 heterocycles. The summed E-state index contributed by atoms with van der Waals surface area (Å²) < 4.78 is 5.00. The molecule has 0 saturated carbocycles. The molecule has 74 valence electrons. The normalized spacial score (nSPS) is 13.8. The summed E-state index contributed by atoms with van der Waals surface area (Å²) in [6.45, 7) is 1.96. The molecule has 0 rings (SSSR count). The number of rotatable bonds is 7. The van der Waals surface area contributed by atoms with Crippen LogP contribution in [-0.4, -0.2) is 52.3 Å². The molecule has 0 aliphatic carbocycles. The summed E-state index contributed by atoms with van der Waals surface area (Å²) in [5.74, 6) is 0. The van der Waals surface area contributed by atoms with Gasteiger partial charge < -0.3 is 15.0 Å². The molecule has 0 saturated heterocycles. The number of ether oxygens (including phenoxy) is 1. The molecular formula is C9H22N2O. The summed E-state index contributed by atoms with van der Waals surface area (Å²) in [6, 6.07) is 0.593. The van der Waals surface area contributed by atoms with E-state index >= 15 is 0 Å². The number of methoxy groups -OCH3 is 1. The molecule has 1 atom stereocenters. The van der Waals surface area contributed by atoms with Crippen LogP contribution in [0, 0.1) is 0 Å². The zero-order valence-corrected chi connectivity index (χ0v) is 8.76. The Kier molecular flexibility index (Phi) is 7.45. The smallest absolute Gasteiger partial charge is 0.0462 e. The Hall–Kier alpha value is -0.120. The highest BCUT2D eigenvalue weighted by Gasteiger charge is 2.05. The van der Waals surface area contributed by atoms with E-state index in [4.69, 9.17) is 4.74 Å². The van der Waals surface area contributed by atoms with Crippen LogP contribution in [0.5, 0.6) is 0 Å². The van der Waals surface area contributed by atoms with Crippen molar-refractivity contribution in [2.75, 3.05) is 41.4 Å². The first-order valence-corrected chi connectivity index (χ1v) is 4.51. The van der Waals surface area contributed by atoms with Crippen LogP contribution in [0.3, 0.4) is 0 Å². The molecule has 1 unspecified atom stereocenters. The molecule has 0 spiro atoms. The third kappa shape index (κ3) is 6.58. The van der Waals surface area contributed by atoms with E-state index in [0.29, 0.717) is 6.04 Å². The number of nitrogens with one attached hydrogen (secondary N) is 1. The maximum Gasteiger partial charge on any atom is 0.0462 e. The second-order valence-electron chi connectivity index (χ2n) is 3.38. The first-order chi connectivity index (χ1) is 5.70. The van der Waals surface area contributed by atoms with E-state index in [1.165, 1.54) is 6.42 Å². The molecule has 0 bridgehead atoms. The third-order valence-electron chi connectivity index (χ3n) is 1.89. The molecule has 1 N–H and O–H groups in total. The van der Waals surface area contributed by atoms with Gasteiger partial charge in [0.15, 0.2) is 0 Å². The van der Waals surface area contributed by atoms with E-state index < -0.39 is 0 Å². The van der Waals surface area contributed by atoms with Gasteiger partial charge in [-0.3, -0.25) is 0 Å². The van der Waals surface area contributed by atoms with Gasteiger partial charge in [-0.2, -0.15) is 0 Å². The highest BCUT2D eigenvalue weighted by atomic mass is 16.5. The molecule has 0 aromatic rings. The Morgan fingerprint density at radius 3 is 2.50 bits per heavy atom. The van der Waals surface area contributed by atoms with Crippen molar-refractivity contribution in [2.24, 2.45) is 0 Å². The van der Waals surface area contributed by atoms with Crippen molar-refractivity contribution in [3.63, 3.8) is 0 Å². The molecule has 0 aromatic heterocycles. The lowest BCUT2D eigenvalue weighted by atomic mass is 10.1. The van der Waals surface area contributed by atoms with E-state index in [-0.39, 0.29) is 0 Å². The average molecular weight is 174 g/mol. The van der Waals surface area contributed by atoms with Gasteiger partial charge in [-0.15, -0.1) is 0 Å². The van der Waals surface area contributed by atoms with Gasteiger partial charge in [0.05, 0.1) is 0 Å². The standard InChI is InChI=1S/C9H22N2O/c1-10-9(8-11(2)3)6-5-7-12-4/h9-10H,5-8H2,1-4H3. The molecule has 0 radical (unpaired) electrons. The number of hydrogen-bond acceptors (Lipinski definition) is 3. The van der Waals surface area contributed by atoms with Gasteiger partial charge in [-0.1, -0.05) is 0 Å². The van der Waals surface area contributed by atoms with E-state index in [9.17, 15) is 0 Å². The molecule has 3 heteroatoms. The average Bonchev–Trinajstić information content (AvgIpc) is 2.02. The van der Waals surface area contributed by atoms with Crippen LogP contribution in [0.1, 0.15) is 12.8 Å². The van der Waals surface area contributed by atoms with Crippen LogP contribution in [-0.2, 0) is 4.74 Å². The van der Waals surface area contributed by atoms with E-state index in [2.05, 4.69) is 24.3 Å². The Labute approximate surface area is 76.1 Å². The topological polar surface area (TPSA) is 24.5 Å². The minimum absolute atomic E-state index is 0.593. The highest BCUT2D eigenvalue weighted by molar-refractivity contribution is 4.66. The quantitative estimate of drug-likeness (QED) is 0.571. The fourth-order valence-corrected chi connectivity index (χ4v) is 1.24. The van der Waals surface area contributed by atoms with E-state index in [0.717, 1.165) is 19.6 Å². The van der Waals surface area contributed by atoms with E-state index in [1.807, 2.05) is 7.05 Å². The first kappa shape index (κ1) is 11.9. The second kappa shape index (κ2) is 7.53. The minimum atomic E-state index is 0.593. The largest absolute Gasteiger partial charge is 0.385 e. The summed E-state index contributed by atoms with van der Waals surface area (Å²) >= 11 is 0. The van der Waals surface area contributed by atoms with Crippen molar-refractivity contribution in [3.05, 3.63) is 0 Å². The van der Waals surface area contributed by atoms with Crippen molar-refractivity contribution in [1.29, 1.82) is 0 Å². The number of nitrogens with zero attached hydrogens (tertiary/aromatic N) is 1. The summed E-state index contributed by atoms with van der Waals surface area (Å²) in [6.07, 6.45) is 2.32. The fourth-order valence-electron chi connectivity index (χ4n) is 1.24. The zero-order chi connectivity index (χ0) is 9.40. The highest BCUT2D eigenvalue weighted by Crippen LogP contribution is 1.97. The van der Waals surface area contributed by atoms with Crippen LogP contribution in [0.25, 0.3) is 0 Å². The zero-order valence-electron chi connectivity index (χ0n) is 8.76. The monoisotopic (exact) mass is 174 g/mol. The predicted octanol–water partition coefficient (Wildman–Crippen LogP) is 0.563. The van der Waals surface area contributed by atoms with Crippen molar-refractivity contribution in [3.8, 4) is 0 Å². The summed E-state index contributed by atoms with van der Waals surface area (Å²) in [7, 11) is 7.96. The molecule has 0 amide bonds. The molecule has 0 aromatic carbocycles. The maximum atomic E-state index is 5.00. The predicted molar refractivity (Wildman–Crippen MR) is 52.5 cm³/mol. The van der Waals surface area contributed by atoms with Gasteiger partial charge in [-0.05, 0) is 34.0 Å². The number of likely N-dealkylation sites (N-methyl/N-ethyl adjacent to an activating group) is 2. The summed E-state index contributed by atoms with van der Waals surface area (Å²) in [4.78, 5) is 2.20. The summed E-state index contributed by atoms with van der Waals surface area (Å²) in [5, 5.41) is 3.30. The Morgan fingerprint density at radius 2 is 2.08 bits per heavy atom. The first-order valence-electron chi connectivity index (χ1n) is 4.51. The van der Waals surface area contributed by atoms with Crippen molar-refractivity contribution < 1.29 is 4.74 Å². The van der Waals surface area contributed by atoms with Crippen molar-refractivity contribution in [1.82, 2.24) is 10.2 Å². The lowest BCUT2D eigenvalue weighted by Gasteiger charge is -2.20.